The molecule has 0 fully saturated rings. The first-order valence-corrected chi connectivity index (χ1v) is 10.2. The number of hydrogen-bond donors (Lipinski definition) is 1. The van der Waals surface area contributed by atoms with Crippen molar-refractivity contribution in [2.24, 2.45) is 0 Å². The fraction of sp³-hybridized carbons (Fsp3) is 0.250. The number of rotatable bonds is 6. The van der Waals surface area contributed by atoms with Crippen molar-refractivity contribution in [3.8, 4) is 0 Å². The molecule has 0 radical (unpaired) electrons. The molecule has 2 heterocycles. The fourth-order valence-electron chi connectivity index (χ4n) is 2.37. The largest absolute Gasteiger partial charge is 0.244 e. The Labute approximate surface area is 149 Å². The third-order valence-corrected chi connectivity index (χ3v) is 6.10. The predicted molar refractivity (Wildman–Crippen MR) is 97.8 cm³/mol. The molecule has 0 aliphatic heterocycles. The number of halogens is 1. The van der Waals surface area contributed by atoms with Crippen molar-refractivity contribution in [3.05, 3.63) is 58.3 Å². The molecule has 1 atom stereocenters. The van der Waals surface area contributed by atoms with Crippen LogP contribution in [0.1, 0.15) is 17.5 Å². The zero-order valence-corrected chi connectivity index (χ0v) is 15.3. The average molecular weight is 382 g/mol. The number of nitrogens with one attached hydrogen (secondary N) is 1. The summed E-state index contributed by atoms with van der Waals surface area (Å²) in [5, 5.41) is 1.26. The van der Waals surface area contributed by atoms with E-state index >= 15 is 0 Å². The molecule has 0 spiro atoms. The highest BCUT2D eigenvalue weighted by Gasteiger charge is 2.17. The fourth-order valence-corrected chi connectivity index (χ4v) is 4.97. The van der Waals surface area contributed by atoms with Gasteiger partial charge in [-0.2, -0.15) is 0 Å². The lowest BCUT2D eigenvalue weighted by Crippen LogP contribution is -2.34. The molecule has 8 heteroatoms. The number of thiazole rings is 1. The smallest absolute Gasteiger partial charge is 0.216 e. The monoisotopic (exact) mass is 381 g/mol. The number of nitrogens with zero attached hydrogens (tertiary/aromatic N) is 2. The normalized spacial score (nSPS) is 13.2. The van der Waals surface area contributed by atoms with Crippen LogP contribution in [0, 0.1) is 0 Å². The third kappa shape index (κ3) is 4.51. The first kappa shape index (κ1) is 17.3. The molecule has 126 valence electrons. The molecule has 1 N–H and O–H groups in total. The van der Waals surface area contributed by atoms with Crippen molar-refractivity contribution in [1.82, 2.24) is 14.7 Å². The van der Waals surface area contributed by atoms with E-state index in [4.69, 9.17) is 11.6 Å². The molecule has 2 aromatic heterocycles. The molecule has 0 saturated heterocycles. The summed E-state index contributed by atoms with van der Waals surface area (Å²) in [5.41, 5.74) is 1.54. The van der Waals surface area contributed by atoms with Crippen molar-refractivity contribution in [3.63, 3.8) is 0 Å². The Balaban J connectivity index is 1.64. The van der Waals surface area contributed by atoms with Gasteiger partial charge in [0.05, 0.1) is 21.0 Å². The van der Waals surface area contributed by atoms with Crippen LogP contribution >= 0.6 is 22.9 Å². The van der Waals surface area contributed by atoms with Gasteiger partial charge in [0.25, 0.3) is 0 Å². The Hall–Kier alpha value is -1.54. The van der Waals surface area contributed by atoms with Crippen LogP contribution < -0.4 is 4.72 Å². The molecule has 24 heavy (non-hydrogen) atoms. The molecule has 3 aromatic rings. The van der Waals surface area contributed by atoms with Crippen LogP contribution in [0.25, 0.3) is 10.2 Å². The van der Waals surface area contributed by atoms with Crippen molar-refractivity contribution < 1.29 is 8.42 Å². The quantitative estimate of drug-likeness (QED) is 0.664. The van der Waals surface area contributed by atoms with Crippen LogP contribution in [0.4, 0.5) is 0 Å². The molecule has 1 aromatic carbocycles. The highest BCUT2D eigenvalue weighted by atomic mass is 35.5. The zero-order valence-electron chi connectivity index (χ0n) is 12.9. The maximum atomic E-state index is 12.3. The van der Waals surface area contributed by atoms with Gasteiger partial charge in [-0.05, 0) is 30.7 Å². The molecular weight excluding hydrogens is 366 g/mol. The summed E-state index contributed by atoms with van der Waals surface area (Å²) >= 11 is 7.30. The van der Waals surface area contributed by atoms with Gasteiger partial charge in [0.1, 0.15) is 5.15 Å². The lowest BCUT2D eigenvalue weighted by molar-refractivity contribution is 0.558. The predicted octanol–water partition coefficient (Wildman–Crippen LogP) is 3.40. The number of hydrogen-bond acceptors (Lipinski definition) is 5. The Morgan fingerprint density at radius 1 is 1.25 bits per heavy atom. The molecule has 0 amide bonds. The molecule has 1 unspecified atom stereocenters. The summed E-state index contributed by atoms with van der Waals surface area (Å²) in [6.07, 6.45) is 2.03. The van der Waals surface area contributed by atoms with Gasteiger partial charge in [0, 0.05) is 18.7 Å². The van der Waals surface area contributed by atoms with E-state index in [1.807, 2.05) is 31.2 Å². The van der Waals surface area contributed by atoms with Gasteiger partial charge < -0.3 is 0 Å². The molecule has 0 aliphatic rings. The first-order chi connectivity index (χ1) is 11.4. The highest BCUT2D eigenvalue weighted by molar-refractivity contribution is 7.88. The zero-order chi connectivity index (χ0) is 17.2. The van der Waals surface area contributed by atoms with Crippen LogP contribution in [0.2, 0.25) is 5.15 Å². The topological polar surface area (TPSA) is 72.0 Å². The van der Waals surface area contributed by atoms with E-state index < -0.39 is 10.0 Å². The SMILES string of the molecule is CC(Cc1nc2ccccc2s1)NS(=O)(=O)Cc1ccc(Cl)nc1. The van der Waals surface area contributed by atoms with Gasteiger partial charge in [-0.3, -0.25) is 0 Å². The van der Waals surface area contributed by atoms with Gasteiger partial charge in [0.15, 0.2) is 0 Å². The van der Waals surface area contributed by atoms with Crippen LogP contribution in [0.5, 0.6) is 0 Å². The Morgan fingerprint density at radius 2 is 2.04 bits per heavy atom. The Bertz CT molecular complexity index is 906. The van der Waals surface area contributed by atoms with Gasteiger partial charge in [-0.15, -0.1) is 11.3 Å². The van der Waals surface area contributed by atoms with Crippen LogP contribution in [0.15, 0.2) is 42.6 Å². The summed E-state index contributed by atoms with van der Waals surface area (Å²) in [4.78, 5) is 8.43. The van der Waals surface area contributed by atoms with E-state index in [9.17, 15) is 8.42 Å². The second-order valence-corrected chi connectivity index (χ2v) is 8.80. The molecular formula is C16H16ClN3O2S2. The minimum absolute atomic E-state index is 0.124. The van der Waals surface area contributed by atoms with Crippen molar-refractivity contribution >= 4 is 43.2 Å². The number of para-hydroxylation sites is 1. The summed E-state index contributed by atoms with van der Waals surface area (Å²) < 4.78 is 28.3. The van der Waals surface area contributed by atoms with E-state index in [0.717, 1.165) is 15.2 Å². The van der Waals surface area contributed by atoms with E-state index in [1.54, 1.807) is 23.5 Å². The summed E-state index contributed by atoms with van der Waals surface area (Å²) in [6.45, 7) is 1.84. The van der Waals surface area contributed by atoms with Crippen molar-refractivity contribution in [1.29, 1.82) is 0 Å². The van der Waals surface area contributed by atoms with Crippen molar-refractivity contribution in [2.45, 2.75) is 25.1 Å². The number of fused-ring (bicyclic) bond motifs is 1. The van der Waals surface area contributed by atoms with Gasteiger partial charge in [-0.25, -0.2) is 23.1 Å². The highest BCUT2D eigenvalue weighted by Crippen LogP contribution is 2.22. The lowest BCUT2D eigenvalue weighted by Gasteiger charge is -2.13. The minimum atomic E-state index is -3.45. The Morgan fingerprint density at radius 3 is 2.75 bits per heavy atom. The number of pyridine rings is 1. The Kier molecular flexibility index (Phi) is 5.15. The van der Waals surface area contributed by atoms with Gasteiger partial charge in [-0.1, -0.05) is 29.8 Å². The molecule has 0 aliphatic carbocycles. The summed E-state index contributed by atoms with van der Waals surface area (Å²) in [6, 6.07) is 10.9. The second-order valence-electron chi connectivity index (χ2n) is 5.55. The summed E-state index contributed by atoms with van der Waals surface area (Å²) in [7, 11) is -3.45. The maximum Gasteiger partial charge on any atom is 0.216 e. The van der Waals surface area contributed by atoms with E-state index in [-0.39, 0.29) is 11.8 Å². The molecule has 0 bridgehead atoms. The lowest BCUT2D eigenvalue weighted by atomic mass is 10.3. The number of sulfonamides is 1. The van der Waals surface area contributed by atoms with E-state index in [2.05, 4.69) is 14.7 Å². The van der Waals surface area contributed by atoms with Crippen LogP contribution in [0.3, 0.4) is 0 Å². The first-order valence-electron chi connectivity index (χ1n) is 7.36. The van der Waals surface area contributed by atoms with E-state index in [0.29, 0.717) is 17.1 Å². The van der Waals surface area contributed by atoms with Gasteiger partial charge in [0.2, 0.25) is 10.0 Å². The van der Waals surface area contributed by atoms with Gasteiger partial charge >= 0.3 is 0 Å². The van der Waals surface area contributed by atoms with Crippen molar-refractivity contribution in [2.75, 3.05) is 0 Å². The van der Waals surface area contributed by atoms with Crippen LogP contribution in [-0.4, -0.2) is 24.4 Å². The molecule has 5 nitrogen and oxygen atoms in total. The third-order valence-electron chi connectivity index (χ3n) is 3.35. The minimum Gasteiger partial charge on any atom is -0.244 e. The number of benzene rings is 1. The second kappa shape index (κ2) is 7.14. The van der Waals surface area contributed by atoms with Crippen LogP contribution in [-0.2, 0) is 22.2 Å². The number of aromatic nitrogens is 2. The van der Waals surface area contributed by atoms with E-state index in [1.165, 1.54) is 6.20 Å². The molecule has 3 rings (SSSR count). The average Bonchev–Trinajstić information content (AvgIpc) is 2.90. The maximum absolute atomic E-state index is 12.3. The molecule has 0 saturated carbocycles. The summed E-state index contributed by atoms with van der Waals surface area (Å²) in [5.74, 6) is -0.124. The standard InChI is InChI=1S/C16H16ClN3O2S2/c1-11(8-16-19-13-4-2-3-5-14(13)23-16)20-24(21,22)10-12-6-7-15(17)18-9-12/h2-7,9,11,20H,8,10H2,1H3.